The molecule has 0 saturated carbocycles. The summed E-state index contributed by atoms with van der Waals surface area (Å²) in [4.78, 5) is 32.4. The van der Waals surface area contributed by atoms with Gasteiger partial charge < -0.3 is 15.2 Å². The first kappa shape index (κ1) is 19.4. The van der Waals surface area contributed by atoms with Crippen LogP contribution in [-0.2, 0) is 16.0 Å². The predicted octanol–water partition coefficient (Wildman–Crippen LogP) is 2.16. The lowest BCUT2D eigenvalue weighted by Crippen LogP contribution is -2.61. The minimum Gasteiger partial charge on any atom is -0.361 e. The summed E-state index contributed by atoms with van der Waals surface area (Å²) in [5.41, 5.74) is 2.37. The van der Waals surface area contributed by atoms with E-state index in [2.05, 4.69) is 41.2 Å². The molecule has 27 heavy (non-hydrogen) atoms. The lowest BCUT2D eigenvalue weighted by molar-refractivity contribution is -0.144. The van der Waals surface area contributed by atoms with Gasteiger partial charge in [0.25, 0.3) is 0 Å². The number of aromatic amines is 1. The van der Waals surface area contributed by atoms with E-state index in [1.165, 1.54) is 10.9 Å². The first-order valence-corrected chi connectivity index (χ1v) is 9.81. The fourth-order valence-corrected chi connectivity index (χ4v) is 3.87. The molecular weight excluding hydrogens is 340 g/mol. The summed E-state index contributed by atoms with van der Waals surface area (Å²) in [6.07, 6.45) is 4.14. The quantitative estimate of drug-likeness (QED) is 0.819. The molecule has 0 bridgehead atoms. The summed E-state index contributed by atoms with van der Waals surface area (Å²) in [6.45, 7) is 6.28. The highest BCUT2D eigenvalue weighted by Crippen LogP contribution is 2.20. The van der Waals surface area contributed by atoms with Crippen LogP contribution in [0.15, 0.2) is 30.5 Å². The molecule has 1 saturated heterocycles. The summed E-state index contributed by atoms with van der Waals surface area (Å²) in [6, 6.07) is 8.19. The van der Waals surface area contributed by atoms with Gasteiger partial charge in [0.15, 0.2) is 0 Å². The van der Waals surface area contributed by atoms with Crippen LogP contribution < -0.4 is 5.32 Å². The number of carbonyl (C=O) groups excluding carboxylic acids is 2. The number of nitrogens with zero attached hydrogens (tertiary/aromatic N) is 2. The molecule has 2 N–H and O–H groups in total. The minimum absolute atomic E-state index is 0.0758. The van der Waals surface area contributed by atoms with Gasteiger partial charge in [-0.05, 0) is 38.3 Å². The SMILES string of the molecule is CNC(=O)C1CN(C(C)C)CCN1C(=O)CCCc1c[nH]c2ccccc12. The number of hydrogen-bond acceptors (Lipinski definition) is 3. The largest absolute Gasteiger partial charge is 0.361 e. The molecule has 1 aliphatic rings. The average Bonchev–Trinajstić information content (AvgIpc) is 3.10. The smallest absolute Gasteiger partial charge is 0.243 e. The number of carbonyl (C=O) groups is 2. The highest BCUT2D eigenvalue weighted by atomic mass is 16.2. The Morgan fingerprint density at radius 3 is 2.78 bits per heavy atom. The molecule has 6 nitrogen and oxygen atoms in total. The van der Waals surface area contributed by atoms with Crippen molar-refractivity contribution in [2.45, 2.75) is 45.2 Å². The molecule has 1 atom stereocenters. The number of para-hydroxylation sites is 1. The molecule has 1 aromatic heterocycles. The Balaban J connectivity index is 1.59. The standard InChI is InChI=1S/C21H30N4O2/c1-15(2)24-11-12-25(19(14-24)21(27)22-3)20(26)10-6-7-16-13-23-18-9-5-4-8-17(16)18/h4-5,8-9,13,15,19,23H,6-7,10-12,14H2,1-3H3,(H,22,27). The number of benzene rings is 1. The second kappa shape index (κ2) is 8.57. The summed E-state index contributed by atoms with van der Waals surface area (Å²) >= 11 is 0. The number of hydrogen-bond donors (Lipinski definition) is 2. The van der Waals surface area contributed by atoms with Crippen LogP contribution in [0.4, 0.5) is 0 Å². The number of H-pyrrole nitrogens is 1. The van der Waals surface area contributed by atoms with E-state index < -0.39 is 6.04 Å². The Morgan fingerprint density at radius 1 is 1.26 bits per heavy atom. The molecule has 146 valence electrons. The van der Waals surface area contributed by atoms with Gasteiger partial charge in [-0.1, -0.05) is 18.2 Å². The van der Waals surface area contributed by atoms with E-state index in [0.29, 0.717) is 25.6 Å². The van der Waals surface area contributed by atoms with Crippen LogP contribution in [0.1, 0.15) is 32.3 Å². The summed E-state index contributed by atoms with van der Waals surface area (Å²) in [5.74, 6) is -0.00261. The van der Waals surface area contributed by atoms with Crippen molar-refractivity contribution in [3.63, 3.8) is 0 Å². The molecule has 1 aliphatic heterocycles. The third-order valence-corrected chi connectivity index (χ3v) is 5.52. The first-order chi connectivity index (χ1) is 13.0. The van der Waals surface area contributed by atoms with Crippen molar-refractivity contribution < 1.29 is 9.59 Å². The van der Waals surface area contributed by atoms with Crippen molar-refractivity contribution in [3.05, 3.63) is 36.0 Å². The number of rotatable bonds is 6. The molecule has 2 aromatic rings. The molecule has 1 fully saturated rings. The second-order valence-corrected chi connectivity index (χ2v) is 7.52. The van der Waals surface area contributed by atoms with Gasteiger partial charge in [-0.15, -0.1) is 0 Å². The van der Waals surface area contributed by atoms with Crippen molar-refractivity contribution in [2.24, 2.45) is 0 Å². The zero-order valence-electron chi connectivity index (χ0n) is 16.5. The summed E-state index contributed by atoms with van der Waals surface area (Å²) < 4.78 is 0. The van der Waals surface area contributed by atoms with Gasteiger partial charge in [0, 0.05) is 56.2 Å². The number of aromatic nitrogens is 1. The van der Waals surface area contributed by atoms with E-state index in [9.17, 15) is 9.59 Å². The maximum absolute atomic E-state index is 12.8. The topological polar surface area (TPSA) is 68.4 Å². The molecule has 1 unspecified atom stereocenters. The molecule has 0 aliphatic carbocycles. The Kier molecular flexibility index (Phi) is 6.16. The number of fused-ring (bicyclic) bond motifs is 1. The van der Waals surface area contributed by atoms with Crippen molar-refractivity contribution in [1.29, 1.82) is 0 Å². The first-order valence-electron chi connectivity index (χ1n) is 9.81. The van der Waals surface area contributed by atoms with Crippen molar-refractivity contribution in [2.75, 3.05) is 26.7 Å². The van der Waals surface area contributed by atoms with Gasteiger partial charge in [-0.25, -0.2) is 0 Å². The van der Waals surface area contributed by atoms with Crippen LogP contribution in [0.5, 0.6) is 0 Å². The highest BCUT2D eigenvalue weighted by Gasteiger charge is 2.35. The van der Waals surface area contributed by atoms with Crippen LogP contribution in [0.25, 0.3) is 10.9 Å². The molecule has 2 amide bonds. The third kappa shape index (κ3) is 4.33. The maximum atomic E-state index is 12.8. The molecule has 2 heterocycles. The molecule has 0 spiro atoms. The normalized spacial score (nSPS) is 18.2. The number of amides is 2. The third-order valence-electron chi connectivity index (χ3n) is 5.52. The Labute approximate surface area is 160 Å². The van der Waals surface area contributed by atoms with Gasteiger partial charge in [-0.2, -0.15) is 0 Å². The van der Waals surface area contributed by atoms with Crippen molar-refractivity contribution in [3.8, 4) is 0 Å². The molecule has 3 rings (SSSR count). The van der Waals surface area contributed by atoms with Gasteiger partial charge >= 0.3 is 0 Å². The zero-order chi connectivity index (χ0) is 19.4. The van der Waals surface area contributed by atoms with E-state index in [1.807, 2.05) is 18.3 Å². The molecule has 0 radical (unpaired) electrons. The van der Waals surface area contributed by atoms with Crippen LogP contribution in [0.2, 0.25) is 0 Å². The van der Waals surface area contributed by atoms with E-state index >= 15 is 0 Å². The highest BCUT2D eigenvalue weighted by molar-refractivity contribution is 5.88. The molecule has 1 aromatic carbocycles. The van der Waals surface area contributed by atoms with Gasteiger partial charge in [0.1, 0.15) is 6.04 Å². The number of nitrogens with one attached hydrogen (secondary N) is 2. The fraction of sp³-hybridized carbons (Fsp3) is 0.524. The molecule has 6 heteroatoms. The Bertz CT molecular complexity index is 798. The van der Waals surface area contributed by atoms with Crippen LogP contribution in [-0.4, -0.2) is 65.4 Å². The maximum Gasteiger partial charge on any atom is 0.243 e. The van der Waals surface area contributed by atoms with Crippen molar-refractivity contribution >= 4 is 22.7 Å². The van der Waals surface area contributed by atoms with Crippen LogP contribution in [0.3, 0.4) is 0 Å². The Hall–Kier alpha value is -2.34. The number of likely N-dealkylation sites (N-methyl/N-ethyl adjacent to an activating group) is 1. The summed E-state index contributed by atoms with van der Waals surface area (Å²) in [5, 5.41) is 3.94. The number of piperazine rings is 1. The van der Waals surface area contributed by atoms with Crippen LogP contribution in [0, 0.1) is 0 Å². The van der Waals surface area contributed by atoms with E-state index in [0.717, 1.165) is 24.9 Å². The van der Waals surface area contributed by atoms with E-state index in [-0.39, 0.29) is 11.8 Å². The van der Waals surface area contributed by atoms with Gasteiger partial charge in [0.05, 0.1) is 0 Å². The second-order valence-electron chi connectivity index (χ2n) is 7.52. The lowest BCUT2D eigenvalue weighted by Gasteiger charge is -2.42. The predicted molar refractivity (Wildman–Crippen MR) is 108 cm³/mol. The van der Waals surface area contributed by atoms with E-state index in [1.54, 1.807) is 11.9 Å². The van der Waals surface area contributed by atoms with E-state index in [4.69, 9.17) is 0 Å². The Morgan fingerprint density at radius 2 is 2.04 bits per heavy atom. The van der Waals surface area contributed by atoms with Crippen LogP contribution >= 0.6 is 0 Å². The molecular formula is C21H30N4O2. The fourth-order valence-electron chi connectivity index (χ4n) is 3.87. The minimum atomic E-state index is -0.397. The summed E-state index contributed by atoms with van der Waals surface area (Å²) in [7, 11) is 1.64. The van der Waals surface area contributed by atoms with Gasteiger partial charge in [-0.3, -0.25) is 14.5 Å². The lowest BCUT2D eigenvalue weighted by atomic mass is 10.0. The average molecular weight is 370 g/mol. The van der Waals surface area contributed by atoms with Crippen molar-refractivity contribution in [1.82, 2.24) is 20.1 Å². The number of aryl methyl sites for hydroxylation is 1. The zero-order valence-corrected chi connectivity index (χ0v) is 16.5. The monoisotopic (exact) mass is 370 g/mol. The van der Waals surface area contributed by atoms with Gasteiger partial charge in [0.2, 0.25) is 11.8 Å².